The predicted molar refractivity (Wildman–Crippen MR) is 121 cm³/mol. The van der Waals surface area contributed by atoms with E-state index in [9.17, 15) is 19.2 Å². The topological polar surface area (TPSA) is 120 Å². The van der Waals surface area contributed by atoms with Crippen LogP contribution in [0.1, 0.15) is 58.8 Å². The first-order valence-electron chi connectivity index (χ1n) is 9.98. The molecule has 1 unspecified atom stereocenters. The molecule has 1 aromatic rings. The van der Waals surface area contributed by atoms with Crippen LogP contribution in [0, 0.1) is 0 Å². The van der Waals surface area contributed by atoms with Crippen molar-refractivity contribution in [2.75, 3.05) is 7.11 Å². The Morgan fingerprint density at radius 2 is 1.59 bits per heavy atom. The third-order valence-corrected chi connectivity index (χ3v) is 4.83. The summed E-state index contributed by atoms with van der Waals surface area (Å²) in [5, 5.41) is 3.78. The van der Waals surface area contributed by atoms with Crippen LogP contribution in [-0.4, -0.2) is 54.0 Å². The van der Waals surface area contributed by atoms with E-state index in [0.717, 1.165) is 11.8 Å². The Bertz CT molecular complexity index is 844. The maximum atomic E-state index is 12.8. The first kappa shape index (κ1) is 27.3. The molecule has 0 radical (unpaired) electrons. The van der Waals surface area contributed by atoms with Crippen molar-refractivity contribution < 1.29 is 33.4 Å². The van der Waals surface area contributed by atoms with Gasteiger partial charge in [-0.05, 0) is 54.5 Å². The van der Waals surface area contributed by atoms with Gasteiger partial charge in [0.2, 0.25) is 5.91 Å². The SMILES string of the molecule is COc1cccc(C=O)c1SC(NC(=O)[C@@H](C)NC(=O)OC(C)(C)C)C(=O)OC(C)(C)C. The Morgan fingerprint density at radius 3 is 2.09 bits per heavy atom. The van der Waals surface area contributed by atoms with Crippen molar-refractivity contribution in [3.8, 4) is 5.75 Å². The number of methoxy groups -OCH3 is 1. The third kappa shape index (κ3) is 9.17. The molecule has 0 aliphatic rings. The maximum absolute atomic E-state index is 12.8. The van der Waals surface area contributed by atoms with Crippen molar-refractivity contribution in [3.63, 3.8) is 0 Å². The van der Waals surface area contributed by atoms with Gasteiger partial charge in [0, 0.05) is 5.56 Å². The zero-order chi connectivity index (χ0) is 24.7. The predicted octanol–water partition coefficient (Wildman–Crippen LogP) is 3.30. The first-order valence-corrected chi connectivity index (χ1v) is 10.9. The molecule has 0 saturated carbocycles. The van der Waals surface area contributed by atoms with Crippen molar-refractivity contribution in [1.82, 2.24) is 10.6 Å². The van der Waals surface area contributed by atoms with Crippen LogP contribution in [0.3, 0.4) is 0 Å². The summed E-state index contributed by atoms with van der Waals surface area (Å²) in [5.41, 5.74) is -1.25. The lowest BCUT2D eigenvalue weighted by atomic mass is 10.2. The number of amides is 2. The fraction of sp³-hybridized carbons (Fsp3) is 0.545. The van der Waals surface area contributed by atoms with Gasteiger partial charge >= 0.3 is 12.1 Å². The fourth-order valence-corrected chi connectivity index (χ4v) is 3.40. The van der Waals surface area contributed by atoms with Crippen molar-refractivity contribution >= 4 is 36.0 Å². The van der Waals surface area contributed by atoms with E-state index in [0.29, 0.717) is 16.9 Å². The third-order valence-electron chi connectivity index (χ3n) is 3.61. The van der Waals surface area contributed by atoms with Gasteiger partial charge in [0.15, 0.2) is 11.7 Å². The molecule has 0 bridgehead atoms. The number of ether oxygens (including phenoxy) is 3. The minimum atomic E-state index is -1.21. The summed E-state index contributed by atoms with van der Waals surface area (Å²) in [6.45, 7) is 11.6. The monoisotopic (exact) mass is 468 g/mol. The van der Waals surface area contributed by atoms with Crippen molar-refractivity contribution in [3.05, 3.63) is 23.8 Å². The van der Waals surface area contributed by atoms with Crippen LogP contribution in [0.15, 0.2) is 23.1 Å². The van der Waals surface area contributed by atoms with E-state index in [1.54, 1.807) is 59.7 Å². The van der Waals surface area contributed by atoms with Gasteiger partial charge in [-0.25, -0.2) is 9.59 Å². The highest BCUT2D eigenvalue weighted by Gasteiger charge is 2.31. The summed E-state index contributed by atoms with van der Waals surface area (Å²) < 4.78 is 15.9. The van der Waals surface area contributed by atoms with Crippen molar-refractivity contribution in [1.29, 1.82) is 0 Å². The number of carbonyl (C=O) groups excluding carboxylic acids is 4. The Morgan fingerprint density at radius 1 is 1.00 bits per heavy atom. The molecule has 2 N–H and O–H groups in total. The smallest absolute Gasteiger partial charge is 0.408 e. The molecule has 0 aromatic heterocycles. The summed E-state index contributed by atoms with van der Waals surface area (Å²) in [4.78, 5) is 49.4. The molecule has 0 aliphatic heterocycles. The average molecular weight is 469 g/mol. The van der Waals surface area contributed by atoms with Crippen LogP contribution >= 0.6 is 11.8 Å². The number of esters is 1. The van der Waals surface area contributed by atoms with Gasteiger partial charge in [0.1, 0.15) is 23.0 Å². The van der Waals surface area contributed by atoms with Gasteiger partial charge in [-0.1, -0.05) is 23.9 Å². The van der Waals surface area contributed by atoms with E-state index < -0.39 is 40.6 Å². The quantitative estimate of drug-likeness (QED) is 0.258. The molecule has 0 aliphatic carbocycles. The Kier molecular flexibility index (Phi) is 9.56. The molecule has 9 nitrogen and oxygen atoms in total. The number of carbonyl (C=O) groups is 4. The maximum Gasteiger partial charge on any atom is 0.408 e. The van der Waals surface area contributed by atoms with Crippen LogP contribution in [-0.2, 0) is 19.1 Å². The molecule has 0 heterocycles. The van der Waals surface area contributed by atoms with Gasteiger partial charge in [0.05, 0.1) is 12.0 Å². The molecule has 178 valence electrons. The number of benzene rings is 1. The zero-order valence-corrected chi connectivity index (χ0v) is 20.5. The van der Waals surface area contributed by atoms with E-state index in [1.807, 2.05) is 0 Å². The second kappa shape index (κ2) is 11.2. The van der Waals surface area contributed by atoms with Gasteiger partial charge < -0.3 is 24.8 Å². The number of thioether (sulfide) groups is 1. The number of hydrogen-bond donors (Lipinski definition) is 2. The standard InChI is InChI=1S/C22H32N2O7S/c1-13(23-20(28)31-22(5,6)7)17(26)24-18(19(27)30-21(2,3)4)32-16-14(12-25)10-9-11-15(16)29-8/h9-13,18H,1-8H3,(H,23,28)(H,24,26)/t13-,18?/m1/s1. The second-order valence-corrected chi connectivity index (χ2v) is 10.0. The Balaban J connectivity index is 3.11. The van der Waals surface area contributed by atoms with Gasteiger partial charge in [-0.15, -0.1) is 0 Å². The van der Waals surface area contributed by atoms with E-state index in [2.05, 4.69) is 10.6 Å². The number of nitrogens with one attached hydrogen (secondary N) is 2. The normalized spacial score (nSPS) is 13.4. The Hall–Kier alpha value is -2.75. The van der Waals surface area contributed by atoms with E-state index >= 15 is 0 Å². The highest BCUT2D eigenvalue weighted by atomic mass is 32.2. The molecule has 0 saturated heterocycles. The van der Waals surface area contributed by atoms with Crippen LogP contribution in [0.25, 0.3) is 0 Å². The summed E-state index contributed by atoms with van der Waals surface area (Å²) in [7, 11) is 1.43. The lowest BCUT2D eigenvalue weighted by Crippen LogP contribution is -2.51. The van der Waals surface area contributed by atoms with E-state index in [-0.39, 0.29) is 5.56 Å². The molecule has 1 rings (SSSR count). The minimum Gasteiger partial charge on any atom is -0.496 e. The average Bonchev–Trinajstić information content (AvgIpc) is 2.64. The Labute approximate surface area is 192 Å². The number of alkyl carbamates (subject to hydrolysis) is 1. The largest absolute Gasteiger partial charge is 0.496 e. The van der Waals surface area contributed by atoms with Crippen LogP contribution < -0.4 is 15.4 Å². The molecule has 0 fully saturated rings. The first-order chi connectivity index (χ1) is 14.7. The van der Waals surface area contributed by atoms with Crippen LogP contribution in [0.4, 0.5) is 4.79 Å². The van der Waals surface area contributed by atoms with Gasteiger partial charge in [0.25, 0.3) is 0 Å². The minimum absolute atomic E-state index is 0.289. The fourth-order valence-electron chi connectivity index (χ4n) is 2.33. The molecular weight excluding hydrogens is 436 g/mol. The highest BCUT2D eigenvalue weighted by molar-refractivity contribution is 8.00. The number of aldehydes is 1. The van der Waals surface area contributed by atoms with E-state index in [4.69, 9.17) is 14.2 Å². The molecule has 2 atom stereocenters. The van der Waals surface area contributed by atoms with Crippen molar-refractivity contribution in [2.24, 2.45) is 0 Å². The molecule has 1 aromatic carbocycles. The number of hydrogen-bond acceptors (Lipinski definition) is 8. The molecule has 0 spiro atoms. The molecule has 2 amide bonds. The highest BCUT2D eigenvalue weighted by Crippen LogP contribution is 2.35. The lowest BCUT2D eigenvalue weighted by molar-refractivity contribution is -0.155. The second-order valence-electron chi connectivity index (χ2n) is 8.90. The van der Waals surface area contributed by atoms with Crippen molar-refractivity contribution in [2.45, 2.75) is 76.0 Å². The van der Waals surface area contributed by atoms with E-state index in [1.165, 1.54) is 14.0 Å². The zero-order valence-electron chi connectivity index (χ0n) is 19.7. The summed E-state index contributed by atoms with van der Waals surface area (Å²) in [6.07, 6.45) is -0.138. The summed E-state index contributed by atoms with van der Waals surface area (Å²) >= 11 is 0.908. The number of rotatable bonds is 8. The molecular formula is C22H32N2O7S. The summed E-state index contributed by atoms with van der Waals surface area (Å²) in [6, 6.07) is 3.84. The van der Waals surface area contributed by atoms with Gasteiger partial charge in [-0.3, -0.25) is 9.59 Å². The lowest BCUT2D eigenvalue weighted by Gasteiger charge is -2.26. The molecule has 32 heavy (non-hydrogen) atoms. The van der Waals surface area contributed by atoms with Crippen LogP contribution in [0.5, 0.6) is 5.75 Å². The molecule has 10 heteroatoms. The van der Waals surface area contributed by atoms with Gasteiger partial charge in [-0.2, -0.15) is 0 Å². The van der Waals surface area contributed by atoms with Crippen LogP contribution in [0.2, 0.25) is 0 Å². The summed E-state index contributed by atoms with van der Waals surface area (Å²) in [5.74, 6) is -0.993.